The lowest BCUT2D eigenvalue weighted by Gasteiger charge is -2.04. The minimum absolute atomic E-state index is 0.418. The predicted octanol–water partition coefficient (Wildman–Crippen LogP) is 3.33. The summed E-state index contributed by atoms with van der Waals surface area (Å²) in [5, 5.41) is 1.39. The van der Waals surface area contributed by atoms with Crippen LogP contribution in [0.5, 0.6) is 0 Å². The number of halogens is 1. The van der Waals surface area contributed by atoms with Crippen LogP contribution in [0, 0.1) is 0 Å². The highest BCUT2D eigenvalue weighted by atomic mass is 79.9. The monoisotopic (exact) mass is 318 g/mol. The van der Waals surface area contributed by atoms with Gasteiger partial charge in [0, 0.05) is 15.6 Å². The van der Waals surface area contributed by atoms with Gasteiger partial charge in [0.25, 0.3) is 0 Å². The Morgan fingerprint density at radius 1 is 1.38 bits per heavy atom. The van der Waals surface area contributed by atoms with Gasteiger partial charge in [0.15, 0.2) is 0 Å². The Labute approximate surface area is 108 Å². The third-order valence-electron chi connectivity index (χ3n) is 2.36. The highest BCUT2D eigenvalue weighted by molar-refractivity contribution is 9.10. The highest BCUT2D eigenvalue weighted by Crippen LogP contribution is 2.39. The smallest absolute Gasteiger partial charge is 0.201 e. The number of hydrogen-bond donors (Lipinski definition) is 0. The fourth-order valence-electron chi connectivity index (χ4n) is 1.68. The first-order chi connectivity index (χ1) is 7.56. The van der Waals surface area contributed by atoms with Gasteiger partial charge in [-0.05, 0) is 38.9 Å². The Kier molecular flexibility index (Phi) is 3.47. The van der Waals surface area contributed by atoms with E-state index in [0.29, 0.717) is 9.37 Å². The zero-order valence-electron chi connectivity index (χ0n) is 8.73. The quantitative estimate of drug-likeness (QED) is 0.857. The van der Waals surface area contributed by atoms with Crippen molar-refractivity contribution in [3.63, 3.8) is 0 Å². The van der Waals surface area contributed by atoms with E-state index in [1.54, 1.807) is 17.8 Å². The summed E-state index contributed by atoms with van der Waals surface area (Å²) >= 11 is 5.03. The molecule has 2 rings (SSSR count). The average Bonchev–Trinajstić information content (AvgIpc) is 2.49. The molecule has 0 atom stereocenters. The lowest BCUT2D eigenvalue weighted by atomic mass is 10.1. The molecule has 0 N–H and O–H groups in total. The molecule has 0 unspecified atom stereocenters. The van der Waals surface area contributed by atoms with Crippen molar-refractivity contribution in [2.45, 2.75) is 11.8 Å². The van der Waals surface area contributed by atoms with Gasteiger partial charge in [-0.1, -0.05) is 19.1 Å². The molecule has 2 nitrogen and oxygen atoms in total. The van der Waals surface area contributed by atoms with E-state index in [-0.39, 0.29) is 0 Å². The van der Waals surface area contributed by atoms with Crippen molar-refractivity contribution in [2.24, 2.45) is 0 Å². The van der Waals surface area contributed by atoms with E-state index >= 15 is 0 Å². The minimum atomic E-state index is -3.24. The van der Waals surface area contributed by atoms with Gasteiger partial charge in [0.05, 0.1) is 4.90 Å². The predicted molar refractivity (Wildman–Crippen MR) is 72.3 cm³/mol. The Balaban J connectivity index is 2.52. The van der Waals surface area contributed by atoms with Gasteiger partial charge in [-0.3, -0.25) is 0 Å². The minimum Gasteiger partial charge on any atom is -0.219 e. The molecule has 0 fully saturated rings. The van der Waals surface area contributed by atoms with Gasteiger partial charge in [-0.15, -0.1) is 0 Å². The molecule has 16 heavy (non-hydrogen) atoms. The van der Waals surface area contributed by atoms with E-state index in [9.17, 15) is 8.42 Å². The standard InChI is InChI=1S/C11H11BrO2S2/c1-2-15-6-8-7-16(13,14)11-9(8)4-3-5-10(11)12/h3-5,7H,2,6H2,1H3. The van der Waals surface area contributed by atoms with E-state index in [1.807, 2.05) is 12.1 Å². The van der Waals surface area contributed by atoms with E-state index < -0.39 is 9.84 Å². The summed E-state index contributed by atoms with van der Waals surface area (Å²) in [7, 11) is -3.24. The van der Waals surface area contributed by atoms with Crippen molar-refractivity contribution >= 4 is 43.1 Å². The van der Waals surface area contributed by atoms with Crippen LogP contribution in [-0.4, -0.2) is 19.9 Å². The van der Waals surface area contributed by atoms with E-state index in [4.69, 9.17) is 0 Å². The first-order valence-corrected chi connectivity index (χ1v) is 8.38. The third-order valence-corrected chi connectivity index (χ3v) is 5.81. The molecular formula is C11H11BrO2S2. The van der Waals surface area contributed by atoms with Gasteiger partial charge in [0.1, 0.15) is 0 Å². The second-order valence-corrected chi connectivity index (χ2v) is 7.30. The van der Waals surface area contributed by atoms with Crippen LogP contribution < -0.4 is 0 Å². The van der Waals surface area contributed by atoms with E-state index in [2.05, 4.69) is 22.9 Å². The molecule has 0 radical (unpaired) electrons. The summed E-state index contributed by atoms with van der Waals surface area (Å²) in [4.78, 5) is 0.418. The third kappa shape index (κ3) is 2.08. The number of fused-ring (bicyclic) bond motifs is 1. The van der Waals surface area contributed by atoms with Crippen molar-refractivity contribution in [3.05, 3.63) is 33.6 Å². The van der Waals surface area contributed by atoms with E-state index in [1.165, 1.54) is 5.41 Å². The number of hydrogen-bond acceptors (Lipinski definition) is 3. The Morgan fingerprint density at radius 2 is 2.12 bits per heavy atom. The van der Waals surface area contributed by atoms with Gasteiger partial charge < -0.3 is 0 Å². The molecule has 1 aromatic carbocycles. The maximum absolute atomic E-state index is 11.9. The summed E-state index contributed by atoms with van der Waals surface area (Å²) in [5.41, 5.74) is 1.75. The lowest BCUT2D eigenvalue weighted by molar-refractivity contribution is 0.605. The Morgan fingerprint density at radius 3 is 2.81 bits per heavy atom. The highest BCUT2D eigenvalue weighted by Gasteiger charge is 2.28. The normalized spacial score (nSPS) is 17.0. The molecule has 5 heteroatoms. The van der Waals surface area contributed by atoms with Crippen LogP contribution in [0.1, 0.15) is 12.5 Å². The second-order valence-electron chi connectivity index (χ2n) is 3.44. The lowest BCUT2D eigenvalue weighted by Crippen LogP contribution is -1.94. The fraction of sp³-hybridized carbons (Fsp3) is 0.273. The van der Waals surface area contributed by atoms with Crippen molar-refractivity contribution in [1.82, 2.24) is 0 Å². The largest absolute Gasteiger partial charge is 0.219 e. The molecule has 0 spiro atoms. The number of rotatable bonds is 3. The van der Waals surface area contributed by atoms with Crippen LogP contribution in [0.2, 0.25) is 0 Å². The molecule has 0 aliphatic carbocycles. The van der Waals surface area contributed by atoms with Gasteiger partial charge in [-0.2, -0.15) is 11.8 Å². The Hall–Kier alpha value is -0.260. The van der Waals surface area contributed by atoms with Crippen molar-refractivity contribution in [2.75, 3.05) is 11.5 Å². The van der Waals surface area contributed by atoms with Crippen LogP contribution in [0.3, 0.4) is 0 Å². The molecule has 0 saturated heterocycles. The molecular weight excluding hydrogens is 308 g/mol. The van der Waals surface area contributed by atoms with Gasteiger partial charge >= 0.3 is 0 Å². The van der Waals surface area contributed by atoms with Crippen molar-refractivity contribution in [3.8, 4) is 0 Å². The molecule has 0 saturated carbocycles. The molecule has 0 bridgehead atoms. The molecule has 86 valence electrons. The molecule has 1 heterocycles. The first-order valence-electron chi connectivity index (χ1n) is 4.88. The number of benzene rings is 1. The second kappa shape index (κ2) is 4.55. The van der Waals surface area contributed by atoms with Crippen molar-refractivity contribution < 1.29 is 8.42 Å². The SMILES string of the molecule is CCSCC1=CS(=O)(=O)c2c(Br)cccc21. The van der Waals surface area contributed by atoms with Crippen LogP contribution in [0.15, 0.2) is 33.0 Å². The van der Waals surface area contributed by atoms with Crippen LogP contribution in [0.25, 0.3) is 5.57 Å². The number of sulfone groups is 1. The summed E-state index contributed by atoms with van der Waals surface area (Å²) in [6, 6.07) is 5.50. The fourth-order valence-corrected chi connectivity index (χ4v) is 5.04. The van der Waals surface area contributed by atoms with Gasteiger partial charge in [-0.25, -0.2) is 8.42 Å². The summed E-state index contributed by atoms with van der Waals surface area (Å²) in [5.74, 6) is 1.74. The van der Waals surface area contributed by atoms with Crippen LogP contribution >= 0.6 is 27.7 Å². The topological polar surface area (TPSA) is 34.1 Å². The first kappa shape index (κ1) is 12.2. The maximum atomic E-state index is 11.9. The summed E-state index contributed by atoms with van der Waals surface area (Å²) < 4.78 is 24.5. The summed E-state index contributed by atoms with van der Waals surface area (Å²) in [6.45, 7) is 2.07. The maximum Gasteiger partial charge on any atom is 0.201 e. The van der Waals surface area contributed by atoms with Gasteiger partial charge in [0.2, 0.25) is 9.84 Å². The van der Waals surface area contributed by atoms with E-state index in [0.717, 1.165) is 22.6 Å². The molecule has 1 aliphatic heterocycles. The molecule has 0 amide bonds. The van der Waals surface area contributed by atoms with Crippen LogP contribution in [0.4, 0.5) is 0 Å². The molecule has 1 aliphatic rings. The zero-order chi connectivity index (χ0) is 11.8. The van der Waals surface area contributed by atoms with Crippen LogP contribution in [-0.2, 0) is 9.84 Å². The molecule has 0 aromatic heterocycles. The Bertz CT molecular complexity index is 547. The average molecular weight is 319 g/mol. The number of thioether (sulfide) groups is 1. The summed E-state index contributed by atoms with van der Waals surface area (Å²) in [6.07, 6.45) is 0. The zero-order valence-corrected chi connectivity index (χ0v) is 12.0. The van der Waals surface area contributed by atoms with Crippen molar-refractivity contribution in [1.29, 1.82) is 0 Å². The molecule has 1 aromatic rings.